The molecule has 0 saturated carbocycles. The third-order valence-electron chi connectivity index (χ3n) is 5.44. The lowest BCUT2D eigenvalue weighted by atomic mass is 9.94. The topological polar surface area (TPSA) is 117 Å². The van der Waals surface area contributed by atoms with Crippen molar-refractivity contribution in [2.45, 2.75) is 24.9 Å². The van der Waals surface area contributed by atoms with E-state index in [1.165, 1.54) is 0 Å². The van der Waals surface area contributed by atoms with Crippen LogP contribution in [0.2, 0.25) is 5.02 Å². The van der Waals surface area contributed by atoms with Crippen molar-refractivity contribution < 1.29 is 23.9 Å². The van der Waals surface area contributed by atoms with Crippen molar-refractivity contribution in [2.24, 2.45) is 0 Å². The molecule has 2 saturated heterocycles. The van der Waals surface area contributed by atoms with Gasteiger partial charge >= 0.3 is 18.0 Å². The quantitative estimate of drug-likeness (QED) is 0.453. The van der Waals surface area contributed by atoms with Gasteiger partial charge in [-0.15, -0.1) is 0 Å². The molecule has 0 aliphatic carbocycles. The van der Waals surface area contributed by atoms with Gasteiger partial charge in [0.05, 0.1) is 30.5 Å². The first-order valence-electron chi connectivity index (χ1n) is 9.79. The van der Waals surface area contributed by atoms with Crippen LogP contribution in [0.1, 0.15) is 24.9 Å². The number of halogens is 1. The number of carbonyl (C=O) groups excluding carboxylic acids is 4. The maximum atomic E-state index is 13.0. The van der Waals surface area contributed by atoms with Crippen LogP contribution in [0.3, 0.4) is 0 Å². The summed E-state index contributed by atoms with van der Waals surface area (Å²) in [6, 6.07) is 4.75. The average molecular weight is 465 g/mol. The van der Waals surface area contributed by atoms with E-state index in [0.29, 0.717) is 22.8 Å². The van der Waals surface area contributed by atoms with E-state index in [-0.39, 0.29) is 30.3 Å². The van der Waals surface area contributed by atoms with Gasteiger partial charge in [-0.25, -0.2) is 14.4 Å². The van der Waals surface area contributed by atoms with E-state index in [4.69, 9.17) is 16.3 Å². The zero-order chi connectivity index (χ0) is 22.2. The van der Waals surface area contributed by atoms with Crippen LogP contribution in [-0.2, 0) is 14.3 Å². The maximum Gasteiger partial charge on any atom is 0.338 e. The van der Waals surface area contributed by atoms with Gasteiger partial charge in [-0.2, -0.15) is 11.8 Å². The van der Waals surface area contributed by atoms with Gasteiger partial charge in [0.2, 0.25) is 0 Å². The second kappa shape index (κ2) is 8.43. The number of urea groups is 2. The van der Waals surface area contributed by atoms with Crippen LogP contribution in [0.15, 0.2) is 35.5 Å². The molecule has 4 rings (SSSR count). The molecule has 0 bridgehead atoms. The predicted molar refractivity (Wildman–Crippen MR) is 114 cm³/mol. The Balaban J connectivity index is 1.72. The first kappa shape index (κ1) is 21.5. The Labute approximate surface area is 187 Å². The highest BCUT2D eigenvalue weighted by Crippen LogP contribution is 2.35. The van der Waals surface area contributed by atoms with Crippen LogP contribution in [0.5, 0.6) is 0 Å². The molecule has 3 N–H and O–H groups in total. The lowest BCUT2D eigenvalue weighted by Crippen LogP contribution is -2.50. The largest absolute Gasteiger partial charge is 0.463 e. The van der Waals surface area contributed by atoms with E-state index < -0.39 is 29.6 Å². The van der Waals surface area contributed by atoms with Crippen molar-refractivity contribution in [1.82, 2.24) is 20.9 Å². The van der Waals surface area contributed by atoms with Crippen LogP contribution < -0.4 is 16.0 Å². The lowest BCUT2D eigenvalue weighted by molar-refractivity contribution is -0.139. The van der Waals surface area contributed by atoms with Crippen LogP contribution in [0.4, 0.5) is 9.59 Å². The molecule has 164 valence electrons. The summed E-state index contributed by atoms with van der Waals surface area (Å²) >= 11 is 7.56. The van der Waals surface area contributed by atoms with Crippen LogP contribution in [0, 0.1) is 0 Å². The molecule has 0 aromatic heterocycles. The SMILES string of the molecule is CCOC(=O)C1=C(CN2C(=O)NC3(CCSC3)C2=O)NC(=O)NC1c1ccc(Cl)cc1. The highest BCUT2D eigenvalue weighted by atomic mass is 35.5. The normalized spacial score (nSPS) is 25.5. The molecule has 0 radical (unpaired) electrons. The third kappa shape index (κ3) is 3.97. The predicted octanol–water partition coefficient (Wildman–Crippen LogP) is 1.94. The highest BCUT2D eigenvalue weighted by Gasteiger charge is 2.53. The first-order chi connectivity index (χ1) is 14.8. The van der Waals surface area contributed by atoms with Crippen LogP contribution in [-0.4, -0.2) is 59.0 Å². The Morgan fingerprint density at radius 2 is 2.03 bits per heavy atom. The number of nitrogens with zero attached hydrogens (tertiary/aromatic N) is 1. The monoisotopic (exact) mass is 464 g/mol. The zero-order valence-corrected chi connectivity index (χ0v) is 18.3. The standard InChI is InChI=1S/C20H21ClN4O5S/c1-2-30-16(26)14-13(9-25-17(27)20(24-19(25)29)7-8-31-10-20)22-18(28)23-15(14)11-3-5-12(21)6-4-11/h3-6,15H,2,7-10H2,1H3,(H,24,29)(H2,22,23,28). The summed E-state index contributed by atoms with van der Waals surface area (Å²) in [5.41, 5.74) is -0.0287. The van der Waals surface area contributed by atoms with Gasteiger partial charge in [-0.1, -0.05) is 23.7 Å². The lowest BCUT2D eigenvalue weighted by Gasteiger charge is -2.30. The van der Waals surface area contributed by atoms with Gasteiger partial charge in [0.1, 0.15) is 5.54 Å². The van der Waals surface area contributed by atoms with E-state index >= 15 is 0 Å². The molecule has 11 heteroatoms. The molecule has 9 nitrogen and oxygen atoms in total. The number of esters is 1. The molecule has 5 amide bonds. The molecule has 1 aromatic carbocycles. The van der Waals surface area contributed by atoms with Crippen molar-refractivity contribution in [3.63, 3.8) is 0 Å². The number of benzene rings is 1. The number of ether oxygens (including phenoxy) is 1. The molecule has 31 heavy (non-hydrogen) atoms. The van der Waals surface area contributed by atoms with E-state index in [2.05, 4.69) is 16.0 Å². The number of nitrogens with one attached hydrogen (secondary N) is 3. The van der Waals surface area contributed by atoms with Gasteiger partial charge in [0.25, 0.3) is 5.91 Å². The second-order valence-electron chi connectivity index (χ2n) is 7.40. The fourth-order valence-corrected chi connectivity index (χ4v) is 5.36. The summed E-state index contributed by atoms with van der Waals surface area (Å²) in [7, 11) is 0. The van der Waals surface area contributed by atoms with Crippen LogP contribution >= 0.6 is 23.4 Å². The van der Waals surface area contributed by atoms with Crippen molar-refractivity contribution in [2.75, 3.05) is 24.7 Å². The molecule has 3 aliphatic rings. The maximum absolute atomic E-state index is 13.0. The molecular formula is C20H21ClN4O5S. The first-order valence-corrected chi connectivity index (χ1v) is 11.3. The highest BCUT2D eigenvalue weighted by molar-refractivity contribution is 7.99. The summed E-state index contributed by atoms with van der Waals surface area (Å²) in [5, 5.41) is 8.58. The number of rotatable bonds is 5. The number of imide groups is 1. The van der Waals surface area contributed by atoms with Gasteiger partial charge in [0.15, 0.2) is 0 Å². The fourth-order valence-electron chi connectivity index (χ4n) is 3.91. The molecule has 3 heterocycles. The van der Waals surface area contributed by atoms with Gasteiger partial charge in [-0.05, 0) is 36.8 Å². The number of amides is 5. The molecule has 1 spiro atoms. The minimum Gasteiger partial charge on any atom is -0.463 e. The van der Waals surface area contributed by atoms with Crippen molar-refractivity contribution in [3.05, 3.63) is 46.1 Å². The number of hydrogen-bond donors (Lipinski definition) is 3. The third-order valence-corrected chi connectivity index (χ3v) is 6.88. The molecule has 2 unspecified atom stereocenters. The van der Waals surface area contributed by atoms with Crippen molar-refractivity contribution >= 4 is 47.3 Å². The number of carbonyl (C=O) groups is 4. The second-order valence-corrected chi connectivity index (χ2v) is 8.94. The Morgan fingerprint density at radius 1 is 1.29 bits per heavy atom. The Bertz CT molecular complexity index is 974. The van der Waals surface area contributed by atoms with Crippen molar-refractivity contribution in [1.29, 1.82) is 0 Å². The Morgan fingerprint density at radius 3 is 2.68 bits per heavy atom. The summed E-state index contributed by atoms with van der Waals surface area (Å²) in [6.07, 6.45) is 0.545. The van der Waals surface area contributed by atoms with Gasteiger partial charge in [0, 0.05) is 10.8 Å². The minimum absolute atomic E-state index is 0.125. The Kier molecular flexibility index (Phi) is 5.85. The Hall–Kier alpha value is -2.72. The summed E-state index contributed by atoms with van der Waals surface area (Å²) < 4.78 is 5.21. The van der Waals surface area contributed by atoms with E-state index in [1.54, 1.807) is 43.0 Å². The molecular weight excluding hydrogens is 444 g/mol. The number of hydrogen-bond acceptors (Lipinski definition) is 6. The smallest absolute Gasteiger partial charge is 0.338 e. The van der Waals surface area contributed by atoms with Gasteiger partial charge in [-0.3, -0.25) is 9.69 Å². The molecule has 1 aromatic rings. The zero-order valence-electron chi connectivity index (χ0n) is 16.7. The van der Waals surface area contributed by atoms with E-state index in [0.717, 1.165) is 10.7 Å². The van der Waals surface area contributed by atoms with Crippen molar-refractivity contribution in [3.8, 4) is 0 Å². The molecule has 2 atom stereocenters. The average Bonchev–Trinajstić information content (AvgIpc) is 3.29. The minimum atomic E-state index is -0.918. The molecule has 2 fully saturated rings. The summed E-state index contributed by atoms with van der Waals surface area (Å²) in [6.45, 7) is 1.55. The summed E-state index contributed by atoms with van der Waals surface area (Å²) in [5.74, 6) is 0.270. The van der Waals surface area contributed by atoms with Crippen LogP contribution in [0.25, 0.3) is 0 Å². The van der Waals surface area contributed by atoms with E-state index in [9.17, 15) is 19.2 Å². The number of thioether (sulfide) groups is 1. The fraction of sp³-hybridized carbons (Fsp3) is 0.400. The summed E-state index contributed by atoms with van der Waals surface area (Å²) in [4.78, 5) is 51.9. The molecule has 3 aliphatic heterocycles. The van der Waals surface area contributed by atoms with E-state index in [1.807, 2.05) is 0 Å². The van der Waals surface area contributed by atoms with Gasteiger partial charge < -0.3 is 20.7 Å².